The van der Waals surface area contributed by atoms with Crippen LogP contribution in [0.2, 0.25) is 0 Å². The number of para-hydroxylation sites is 2. The van der Waals surface area contributed by atoms with Gasteiger partial charge in [-0.25, -0.2) is 0 Å². The van der Waals surface area contributed by atoms with Crippen LogP contribution in [-0.4, -0.2) is 6.71 Å². The summed E-state index contributed by atoms with van der Waals surface area (Å²) in [4.78, 5) is 7.53. The Morgan fingerprint density at radius 2 is 0.838 bits per heavy atom. The topological polar surface area (TPSA) is 9.72 Å². The largest absolute Gasteiger partial charge is 0.311 e. The first-order valence-corrected chi connectivity index (χ1v) is 25.9. The van der Waals surface area contributed by atoms with Gasteiger partial charge >= 0.3 is 0 Å². The molecule has 14 rings (SSSR count). The fraction of sp³-hybridized carbons (Fsp3) is 0.0571. The van der Waals surface area contributed by atoms with Crippen molar-refractivity contribution in [2.45, 2.75) is 26.2 Å². The summed E-state index contributed by atoms with van der Waals surface area (Å²) in [6.07, 6.45) is 0. The van der Waals surface area contributed by atoms with Gasteiger partial charge in [0.1, 0.15) is 0 Å². The van der Waals surface area contributed by atoms with Crippen LogP contribution in [0.15, 0.2) is 261 Å². The van der Waals surface area contributed by atoms with E-state index in [-0.39, 0.29) is 12.1 Å². The lowest BCUT2D eigenvalue weighted by atomic mass is 9.33. The van der Waals surface area contributed by atoms with Crippen molar-refractivity contribution in [2.75, 3.05) is 14.7 Å². The number of hydrogen-bond donors (Lipinski definition) is 0. The van der Waals surface area contributed by atoms with E-state index in [1.54, 1.807) is 0 Å². The molecule has 0 saturated heterocycles. The number of rotatable bonds is 7. The van der Waals surface area contributed by atoms with Gasteiger partial charge in [0.2, 0.25) is 0 Å². The van der Waals surface area contributed by atoms with E-state index in [1.807, 2.05) is 0 Å². The molecule has 3 aliphatic rings. The summed E-state index contributed by atoms with van der Waals surface area (Å²) < 4.78 is 0. The molecule has 11 aromatic rings. The molecular weight excluding hydrogens is 894 g/mol. The molecule has 3 nitrogen and oxygen atoms in total. The average molecular weight is 946 g/mol. The average Bonchev–Trinajstić information content (AvgIpc) is 3.68. The third kappa shape index (κ3) is 7.12. The summed E-state index contributed by atoms with van der Waals surface area (Å²) in [5.74, 6) is 0. The molecule has 0 spiro atoms. The minimum Gasteiger partial charge on any atom is -0.311 e. The van der Waals surface area contributed by atoms with Crippen molar-refractivity contribution in [3.05, 3.63) is 266 Å². The zero-order chi connectivity index (χ0) is 49.5. The van der Waals surface area contributed by atoms with Crippen molar-refractivity contribution in [2.24, 2.45) is 0 Å². The van der Waals surface area contributed by atoms with Crippen molar-refractivity contribution in [3.8, 4) is 55.6 Å². The third-order valence-electron chi connectivity index (χ3n) is 15.5. The molecule has 0 saturated carbocycles. The van der Waals surface area contributed by atoms with Crippen LogP contribution >= 0.6 is 0 Å². The van der Waals surface area contributed by atoms with E-state index >= 15 is 0 Å². The molecule has 0 aliphatic carbocycles. The van der Waals surface area contributed by atoms with Crippen LogP contribution in [-0.2, 0) is 5.41 Å². The molecule has 11 aromatic carbocycles. The Labute approximate surface area is 435 Å². The van der Waals surface area contributed by atoms with Crippen LogP contribution < -0.4 is 31.1 Å². The Hall–Kier alpha value is -9.12. The number of anilines is 9. The molecular formula is C70H52BN3. The normalized spacial score (nSPS) is 12.7. The van der Waals surface area contributed by atoms with Gasteiger partial charge in [0.05, 0.1) is 5.69 Å². The van der Waals surface area contributed by atoms with E-state index in [1.165, 1.54) is 100 Å². The van der Waals surface area contributed by atoms with Gasteiger partial charge < -0.3 is 14.7 Å². The van der Waals surface area contributed by atoms with Gasteiger partial charge in [-0.05, 0) is 151 Å². The van der Waals surface area contributed by atoms with Crippen LogP contribution in [0.5, 0.6) is 0 Å². The van der Waals surface area contributed by atoms with Crippen molar-refractivity contribution in [1.82, 2.24) is 0 Å². The lowest BCUT2D eigenvalue weighted by molar-refractivity contribution is 0.590. The summed E-state index contributed by atoms with van der Waals surface area (Å²) in [5, 5.41) is 0. The van der Waals surface area contributed by atoms with Gasteiger partial charge in [0.15, 0.2) is 0 Å². The first-order chi connectivity index (χ1) is 36.4. The third-order valence-corrected chi connectivity index (χ3v) is 15.5. The second kappa shape index (κ2) is 17.3. The van der Waals surface area contributed by atoms with Gasteiger partial charge in [-0.15, -0.1) is 0 Å². The van der Waals surface area contributed by atoms with E-state index in [0.29, 0.717) is 0 Å². The molecule has 0 unspecified atom stereocenters. The second-order valence-corrected chi connectivity index (χ2v) is 20.9. The van der Waals surface area contributed by atoms with Gasteiger partial charge in [-0.1, -0.05) is 203 Å². The number of nitrogens with zero attached hydrogens (tertiary/aromatic N) is 3. The SMILES string of the molecule is CC(C)(C)c1ccc(-c2ccc(N3c4cc(N(c5ccccc5)c5ccccc5)ccc4B4c5cc(-c6ccccc6)cc6c5N(c5ccc(-c7ccccc7)cc5-c5ccccc5-6)c5cccc3c54)cc2)cc1. The molecule has 0 atom stereocenters. The summed E-state index contributed by atoms with van der Waals surface area (Å²) >= 11 is 0. The molecule has 0 radical (unpaired) electrons. The number of hydrogen-bond acceptors (Lipinski definition) is 3. The Morgan fingerprint density at radius 3 is 1.46 bits per heavy atom. The number of benzene rings is 11. The molecule has 0 amide bonds. The zero-order valence-electron chi connectivity index (χ0n) is 41.7. The summed E-state index contributed by atoms with van der Waals surface area (Å²) in [6.45, 7) is 6.73. The van der Waals surface area contributed by atoms with Gasteiger partial charge in [0.25, 0.3) is 6.71 Å². The van der Waals surface area contributed by atoms with Crippen LogP contribution in [0.1, 0.15) is 26.3 Å². The minimum atomic E-state index is -0.0880. The Morgan fingerprint density at radius 1 is 0.324 bits per heavy atom. The fourth-order valence-corrected chi connectivity index (χ4v) is 12.0. The van der Waals surface area contributed by atoms with E-state index in [2.05, 4.69) is 296 Å². The molecule has 3 heterocycles. The maximum Gasteiger partial charge on any atom is 0.252 e. The van der Waals surface area contributed by atoms with Crippen molar-refractivity contribution in [1.29, 1.82) is 0 Å². The predicted octanol–water partition coefficient (Wildman–Crippen LogP) is 17.2. The maximum absolute atomic E-state index is 2.60. The first-order valence-electron chi connectivity index (χ1n) is 25.9. The van der Waals surface area contributed by atoms with E-state index in [9.17, 15) is 0 Å². The molecule has 0 bridgehead atoms. The number of fused-ring (bicyclic) bond motifs is 9. The highest BCUT2D eigenvalue weighted by atomic mass is 15.2. The van der Waals surface area contributed by atoms with Crippen molar-refractivity contribution < 1.29 is 0 Å². The highest BCUT2D eigenvalue weighted by Gasteiger charge is 2.46. The molecule has 74 heavy (non-hydrogen) atoms. The standard InChI is InChI=1S/C70H52BN3/c1-70(2,3)53-36-31-49(32-37-53)50-33-38-56(39-34-50)73-65-29-18-30-66-68(65)71(62-41-40-57(46-67(62)73)72(54-23-12-6-13-24-54)55-25-14-7-15-26-55)63-45-52(48-21-10-5-11-22-48)44-61-59-28-17-16-27-58(59)60-43-51(47-19-8-4-9-20-47)35-42-64(60)74(66)69(61)63/h4-46H,1-3H3. The smallest absolute Gasteiger partial charge is 0.252 e. The highest BCUT2D eigenvalue weighted by Crippen LogP contribution is 2.54. The predicted molar refractivity (Wildman–Crippen MR) is 315 cm³/mol. The Balaban J connectivity index is 1.04. The van der Waals surface area contributed by atoms with Crippen LogP contribution in [0.4, 0.5) is 51.2 Å². The van der Waals surface area contributed by atoms with E-state index in [0.717, 1.165) is 28.4 Å². The molecule has 0 N–H and O–H groups in total. The zero-order valence-corrected chi connectivity index (χ0v) is 41.7. The van der Waals surface area contributed by atoms with Crippen molar-refractivity contribution in [3.63, 3.8) is 0 Å². The molecule has 0 fully saturated rings. The van der Waals surface area contributed by atoms with Gasteiger partial charge in [-0.2, -0.15) is 0 Å². The van der Waals surface area contributed by atoms with Crippen LogP contribution in [0.25, 0.3) is 55.6 Å². The van der Waals surface area contributed by atoms with Crippen LogP contribution in [0.3, 0.4) is 0 Å². The Bertz CT molecular complexity index is 3880. The molecule has 0 aromatic heterocycles. The van der Waals surface area contributed by atoms with Crippen molar-refractivity contribution >= 4 is 74.3 Å². The summed E-state index contributed by atoms with van der Waals surface area (Å²) in [6, 6.07) is 96.9. The van der Waals surface area contributed by atoms with Crippen LogP contribution in [0, 0.1) is 0 Å². The molecule has 3 aliphatic heterocycles. The molecule has 350 valence electrons. The fourth-order valence-electron chi connectivity index (χ4n) is 12.0. The monoisotopic (exact) mass is 945 g/mol. The molecule has 4 heteroatoms. The maximum atomic E-state index is 2.60. The van der Waals surface area contributed by atoms with E-state index < -0.39 is 0 Å². The van der Waals surface area contributed by atoms with Gasteiger partial charge in [0, 0.05) is 56.6 Å². The van der Waals surface area contributed by atoms with Gasteiger partial charge in [-0.3, -0.25) is 0 Å². The minimum absolute atomic E-state index is 0.0852. The quantitative estimate of drug-likeness (QED) is 0.147. The summed E-state index contributed by atoms with van der Waals surface area (Å²) in [5.41, 5.74) is 27.7. The first kappa shape index (κ1) is 43.7. The van der Waals surface area contributed by atoms with E-state index in [4.69, 9.17) is 0 Å². The lowest BCUT2D eigenvalue weighted by Crippen LogP contribution is -2.61. The second-order valence-electron chi connectivity index (χ2n) is 20.9. The lowest BCUT2D eigenvalue weighted by Gasteiger charge is -2.45. The Kier molecular flexibility index (Phi) is 10.2. The highest BCUT2D eigenvalue weighted by molar-refractivity contribution is 7.00. The summed E-state index contributed by atoms with van der Waals surface area (Å²) in [7, 11) is 0.